The summed E-state index contributed by atoms with van der Waals surface area (Å²) >= 11 is 0. The van der Waals surface area contributed by atoms with Crippen LogP contribution < -0.4 is 5.32 Å². The van der Waals surface area contributed by atoms with Crippen molar-refractivity contribution in [3.8, 4) is 11.3 Å². The Morgan fingerprint density at radius 2 is 1.97 bits per heavy atom. The van der Waals surface area contributed by atoms with Crippen LogP contribution in [0.2, 0.25) is 0 Å². The van der Waals surface area contributed by atoms with E-state index in [0.717, 1.165) is 29.8 Å². The molecule has 1 aliphatic heterocycles. The van der Waals surface area contributed by atoms with Gasteiger partial charge in [0, 0.05) is 38.2 Å². The predicted octanol–water partition coefficient (Wildman–Crippen LogP) is 3.66. The van der Waals surface area contributed by atoms with Crippen LogP contribution in [-0.2, 0) is 17.8 Å². The molecule has 4 rings (SSSR count). The zero-order valence-corrected chi connectivity index (χ0v) is 16.4. The second kappa shape index (κ2) is 8.17. The van der Waals surface area contributed by atoms with Crippen LogP contribution in [-0.4, -0.2) is 36.1 Å². The first-order chi connectivity index (χ1) is 14.1. The number of hydrogen-bond donors (Lipinski definition) is 1. The molecule has 0 saturated carbocycles. The van der Waals surface area contributed by atoms with E-state index in [0.29, 0.717) is 25.3 Å². The molecule has 6 heteroatoms. The molecular weight excluding hydrogens is 369 g/mol. The summed E-state index contributed by atoms with van der Waals surface area (Å²) in [6.45, 7) is 2.10. The van der Waals surface area contributed by atoms with Crippen molar-refractivity contribution in [2.24, 2.45) is 5.41 Å². The first-order valence-corrected chi connectivity index (χ1v) is 9.78. The van der Waals surface area contributed by atoms with Crippen LogP contribution in [0.15, 0.2) is 65.2 Å². The Morgan fingerprint density at radius 1 is 1.21 bits per heavy atom. The van der Waals surface area contributed by atoms with Crippen molar-refractivity contribution in [2.45, 2.75) is 19.4 Å². The van der Waals surface area contributed by atoms with Crippen molar-refractivity contribution in [3.63, 3.8) is 0 Å². The average Bonchev–Trinajstić information content (AvgIpc) is 3.38. The van der Waals surface area contributed by atoms with Gasteiger partial charge in [0.05, 0.1) is 5.41 Å². The topological polar surface area (TPSA) is 58.4 Å². The Hall–Kier alpha value is -2.99. The fourth-order valence-electron chi connectivity index (χ4n) is 4.09. The number of carbonyl (C=O) groups excluding carboxylic acids is 1. The van der Waals surface area contributed by atoms with E-state index in [9.17, 15) is 9.18 Å². The van der Waals surface area contributed by atoms with Gasteiger partial charge in [0.1, 0.15) is 17.3 Å². The third-order valence-corrected chi connectivity index (χ3v) is 5.60. The summed E-state index contributed by atoms with van der Waals surface area (Å²) in [7, 11) is 1.67. The molecule has 0 unspecified atom stereocenters. The highest BCUT2D eigenvalue weighted by molar-refractivity contribution is 5.83. The monoisotopic (exact) mass is 393 g/mol. The maximum atomic E-state index is 13.2. The highest BCUT2D eigenvalue weighted by Gasteiger charge is 2.45. The lowest BCUT2D eigenvalue weighted by Gasteiger charge is -2.26. The maximum absolute atomic E-state index is 13.2. The Bertz CT molecular complexity index is 971. The number of amides is 1. The number of likely N-dealkylation sites (tertiary alicyclic amines) is 1. The van der Waals surface area contributed by atoms with Crippen molar-refractivity contribution >= 4 is 5.91 Å². The Balaban J connectivity index is 1.50. The van der Waals surface area contributed by atoms with Crippen LogP contribution in [0.4, 0.5) is 4.39 Å². The summed E-state index contributed by atoms with van der Waals surface area (Å²) in [6.07, 6.45) is 1.22. The normalized spacial score (nSPS) is 19.4. The molecule has 0 bridgehead atoms. The van der Waals surface area contributed by atoms with Crippen molar-refractivity contribution in [2.75, 3.05) is 20.1 Å². The van der Waals surface area contributed by atoms with Gasteiger partial charge in [0.15, 0.2) is 0 Å². The van der Waals surface area contributed by atoms with E-state index in [2.05, 4.69) is 15.4 Å². The molecule has 1 fully saturated rings. The van der Waals surface area contributed by atoms with Crippen molar-refractivity contribution in [3.05, 3.63) is 77.8 Å². The third-order valence-electron chi connectivity index (χ3n) is 5.60. The maximum Gasteiger partial charge on any atom is 0.227 e. The smallest absolute Gasteiger partial charge is 0.227 e. The lowest BCUT2D eigenvalue weighted by Crippen LogP contribution is -2.43. The molecule has 1 aromatic heterocycles. The van der Waals surface area contributed by atoms with Gasteiger partial charge >= 0.3 is 0 Å². The summed E-state index contributed by atoms with van der Waals surface area (Å²) in [5.74, 6) is 0.474. The second-order valence-corrected chi connectivity index (χ2v) is 7.67. The predicted molar refractivity (Wildman–Crippen MR) is 108 cm³/mol. The van der Waals surface area contributed by atoms with Crippen molar-refractivity contribution < 1.29 is 13.7 Å². The Morgan fingerprint density at radius 3 is 2.69 bits per heavy atom. The first-order valence-electron chi connectivity index (χ1n) is 9.78. The largest absolute Gasteiger partial charge is 0.361 e. The van der Waals surface area contributed by atoms with Gasteiger partial charge in [-0.1, -0.05) is 47.6 Å². The van der Waals surface area contributed by atoms with Gasteiger partial charge in [-0.25, -0.2) is 4.39 Å². The second-order valence-electron chi connectivity index (χ2n) is 7.67. The average molecular weight is 393 g/mol. The Kier molecular flexibility index (Phi) is 5.45. The molecule has 2 aromatic carbocycles. The van der Waals surface area contributed by atoms with Gasteiger partial charge in [0.2, 0.25) is 5.91 Å². The van der Waals surface area contributed by atoms with Crippen LogP contribution in [0.25, 0.3) is 11.3 Å². The van der Waals surface area contributed by atoms with E-state index < -0.39 is 5.41 Å². The van der Waals surface area contributed by atoms with Gasteiger partial charge in [-0.2, -0.15) is 0 Å². The third kappa shape index (κ3) is 4.22. The highest BCUT2D eigenvalue weighted by atomic mass is 19.1. The van der Waals surface area contributed by atoms with E-state index >= 15 is 0 Å². The van der Waals surface area contributed by atoms with Crippen molar-refractivity contribution in [1.29, 1.82) is 0 Å². The molecule has 1 aliphatic rings. The minimum absolute atomic E-state index is 0.0109. The lowest BCUT2D eigenvalue weighted by molar-refractivity contribution is -0.130. The Labute approximate surface area is 169 Å². The number of aromatic nitrogens is 1. The van der Waals surface area contributed by atoms with E-state index in [4.69, 9.17) is 4.52 Å². The molecule has 0 radical (unpaired) electrons. The minimum atomic E-state index is -0.567. The summed E-state index contributed by atoms with van der Waals surface area (Å²) in [4.78, 5) is 15.0. The van der Waals surface area contributed by atoms with Gasteiger partial charge in [-0.15, -0.1) is 0 Å². The molecule has 1 atom stereocenters. The van der Waals surface area contributed by atoms with Crippen LogP contribution >= 0.6 is 0 Å². The van der Waals surface area contributed by atoms with E-state index in [1.807, 2.05) is 36.4 Å². The fraction of sp³-hybridized carbons (Fsp3) is 0.304. The number of hydrogen-bond acceptors (Lipinski definition) is 4. The quantitative estimate of drug-likeness (QED) is 0.694. The molecule has 3 aromatic rings. The van der Waals surface area contributed by atoms with E-state index in [-0.39, 0.29) is 11.7 Å². The highest BCUT2D eigenvalue weighted by Crippen LogP contribution is 2.36. The summed E-state index contributed by atoms with van der Waals surface area (Å²) in [6, 6.07) is 18.3. The number of halogens is 1. The molecule has 1 N–H and O–H groups in total. The van der Waals surface area contributed by atoms with Crippen LogP contribution in [0, 0.1) is 11.2 Å². The number of nitrogens with one attached hydrogen (secondary N) is 1. The van der Waals surface area contributed by atoms with Crippen LogP contribution in [0.5, 0.6) is 0 Å². The zero-order chi connectivity index (χ0) is 20.3. The molecule has 29 heavy (non-hydrogen) atoms. The summed E-state index contributed by atoms with van der Waals surface area (Å²) < 4.78 is 18.7. The molecule has 1 amide bonds. The van der Waals surface area contributed by atoms with E-state index in [1.165, 1.54) is 12.1 Å². The molecule has 150 valence electrons. The fourth-order valence-corrected chi connectivity index (χ4v) is 4.09. The van der Waals surface area contributed by atoms with Gasteiger partial charge < -0.3 is 9.84 Å². The standard InChI is InChI=1S/C23H24FN3O2/c1-25-22(28)23(11-12-27(16-23)15-17-7-9-19(24)10-8-17)14-20-13-21(26-29-20)18-5-3-2-4-6-18/h2-10,13H,11-12,14-16H2,1H3,(H,25,28)/t23-/m0/s1. The van der Waals surface area contributed by atoms with Gasteiger partial charge in [0.25, 0.3) is 0 Å². The molecule has 1 saturated heterocycles. The minimum Gasteiger partial charge on any atom is -0.361 e. The molecule has 2 heterocycles. The lowest BCUT2D eigenvalue weighted by atomic mass is 9.81. The molecule has 5 nitrogen and oxygen atoms in total. The summed E-state index contributed by atoms with van der Waals surface area (Å²) in [5.41, 5.74) is 2.22. The number of benzene rings is 2. The number of rotatable bonds is 6. The van der Waals surface area contributed by atoms with Crippen molar-refractivity contribution in [1.82, 2.24) is 15.4 Å². The van der Waals surface area contributed by atoms with Crippen LogP contribution in [0.3, 0.4) is 0 Å². The molecular formula is C23H24FN3O2. The van der Waals surface area contributed by atoms with Gasteiger partial charge in [-0.3, -0.25) is 9.69 Å². The number of carbonyl (C=O) groups is 1. The zero-order valence-electron chi connectivity index (χ0n) is 16.4. The van der Waals surface area contributed by atoms with Crippen LogP contribution in [0.1, 0.15) is 17.7 Å². The first kappa shape index (κ1) is 19.3. The molecule has 0 spiro atoms. The number of nitrogens with zero attached hydrogens (tertiary/aromatic N) is 2. The summed E-state index contributed by atoms with van der Waals surface area (Å²) in [5, 5.41) is 7.01. The van der Waals surface area contributed by atoms with Gasteiger partial charge in [-0.05, 0) is 30.7 Å². The van der Waals surface area contributed by atoms with E-state index in [1.54, 1.807) is 19.2 Å². The molecule has 0 aliphatic carbocycles. The SMILES string of the molecule is CNC(=O)[C@]1(Cc2cc(-c3ccccc3)no2)CCN(Cc2ccc(F)cc2)C1.